The molecule has 0 unspecified atom stereocenters. The summed E-state index contributed by atoms with van der Waals surface area (Å²) in [6.07, 6.45) is 3.27. The predicted molar refractivity (Wildman–Crippen MR) is 63.7 cm³/mol. The molecule has 1 aromatic heterocycles. The Balaban J connectivity index is 1.86. The summed E-state index contributed by atoms with van der Waals surface area (Å²) in [4.78, 5) is 20.3. The van der Waals surface area contributed by atoms with Gasteiger partial charge in [-0.3, -0.25) is 14.8 Å². The molecular formula is C12H12N4O. The van der Waals surface area contributed by atoms with Gasteiger partial charge in [0, 0.05) is 31.0 Å². The lowest BCUT2D eigenvalue weighted by Crippen LogP contribution is -2.56. The van der Waals surface area contributed by atoms with Crippen molar-refractivity contribution in [1.29, 1.82) is 0 Å². The molecule has 2 heterocycles. The first-order valence-electron chi connectivity index (χ1n) is 5.55. The van der Waals surface area contributed by atoms with Crippen LogP contribution >= 0.6 is 0 Å². The first-order chi connectivity index (χ1) is 8.33. The van der Waals surface area contributed by atoms with E-state index in [9.17, 15) is 4.79 Å². The first-order valence-corrected chi connectivity index (χ1v) is 5.55. The molecule has 1 fully saturated rings. The highest BCUT2D eigenvalue weighted by Crippen LogP contribution is 2.11. The van der Waals surface area contributed by atoms with E-state index in [1.807, 2.05) is 6.07 Å². The average Bonchev–Trinajstić information content (AvgIpc) is 2.33. The van der Waals surface area contributed by atoms with Crippen LogP contribution < -0.4 is 10.6 Å². The van der Waals surface area contributed by atoms with E-state index in [2.05, 4.69) is 20.6 Å². The van der Waals surface area contributed by atoms with Gasteiger partial charge in [0.25, 0.3) is 5.91 Å². The van der Waals surface area contributed by atoms with E-state index in [4.69, 9.17) is 0 Å². The second kappa shape index (κ2) is 4.10. The van der Waals surface area contributed by atoms with Crippen molar-refractivity contribution >= 4 is 16.9 Å². The van der Waals surface area contributed by atoms with Crippen LogP contribution in [0.25, 0.3) is 11.0 Å². The predicted octanol–water partition coefficient (Wildman–Crippen LogP) is 0.331. The van der Waals surface area contributed by atoms with Gasteiger partial charge in [0.05, 0.1) is 17.1 Å². The van der Waals surface area contributed by atoms with Crippen LogP contribution in [0.1, 0.15) is 10.4 Å². The molecule has 0 atom stereocenters. The highest BCUT2D eigenvalue weighted by molar-refractivity contribution is 5.97. The lowest BCUT2D eigenvalue weighted by atomic mass is 10.1. The topological polar surface area (TPSA) is 66.9 Å². The van der Waals surface area contributed by atoms with Crippen molar-refractivity contribution in [3.05, 3.63) is 36.2 Å². The van der Waals surface area contributed by atoms with Crippen molar-refractivity contribution in [3.63, 3.8) is 0 Å². The highest BCUT2D eigenvalue weighted by Gasteiger charge is 2.19. The van der Waals surface area contributed by atoms with Crippen LogP contribution in [-0.2, 0) is 0 Å². The number of hydrogen-bond acceptors (Lipinski definition) is 4. The second-order valence-corrected chi connectivity index (χ2v) is 4.09. The lowest BCUT2D eigenvalue weighted by molar-refractivity contribution is 0.0924. The lowest BCUT2D eigenvalue weighted by Gasteiger charge is -2.27. The van der Waals surface area contributed by atoms with Crippen LogP contribution in [-0.4, -0.2) is 35.0 Å². The van der Waals surface area contributed by atoms with Crippen molar-refractivity contribution in [1.82, 2.24) is 20.6 Å². The number of benzene rings is 1. The molecule has 0 spiro atoms. The number of fused-ring (bicyclic) bond motifs is 1. The van der Waals surface area contributed by atoms with Crippen LogP contribution in [0.4, 0.5) is 0 Å². The van der Waals surface area contributed by atoms with Gasteiger partial charge in [-0.15, -0.1) is 0 Å². The molecule has 1 aliphatic heterocycles. The Kier molecular flexibility index (Phi) is 2.45. The molecule has 2 N–H and O–H groups in total. The minimum Gasteiger partial charge on any atom is -0.347 e. The highest BCUT2D eigenvalue weighted by atomic mass is 16.1. The van der Waals surface area contributed by atoms with Crippen LogP contribution in [0.2, 0.25) is 0 Å². The van der Waals surface area contributed by atoms with E-state index in [-0.39, 0.29) is 11.9 Å². The summed E-state index contributed by atoms with van der Waals surface area (Å²) in [5.74, 6) is -0.0518. The molecule has 0 bridgehead atoms. The smallest absolute Gasteiger partial charge is 0.251 e. The average molecular weight is 228 g/mol. The van der Waals surface area contributed by atoms with Crippen LogP contribution in [0.3, 0.4) is 0 Å². The quantitative estimate of drug-likeness (QED) is 0.777. The fourth-order valence-electron chi connectivity index (χ4n) is 1.76. The number of rotatable bonds is 2. The molecule has 5 nitrogen and oxygen atoms in total. The molecule has 2 aromatic rings. The normalized spacial score (nSPS) is 15.5. The summed E-state index contributed by atoms with van der Waals surface area (Å²) >= 11 is 0. The van der Waals surface area contributed by atoms with E-state index in [0.29, 0.717) is 5.56 Å². The standard InChI is InChI=1S/C12H12N4O/c17-12(16-9-6-13-7-9)8-1-2-10-11(5-8)15-4-3-14-10/h1-5,9,13H,6-7H2,(H,16,17). The largest absolute Gasteiger partial charge is 0.347 e. The second-order valence-electron chi connectivity index (χ2n) is 4.09. The Bertz CT molecular complexity index is 565. The summed E-state index contributed by atoms with van der Waals surface area (Å²) in [5, 5.41) is 6.06. The monoisotopic (exact) mass is 228 g/mol. The van der Waals surface area contributed by atoms with Crippen LogP contribution in [0.5, 0.6) is 0 Å². The molecular weight excluding hydrogens is 216 g/mol. The van der Waals surface area contributed by atoms with Gasteiger partial charge in [0.1, 0.15) is 0 Å². The summed E-state index contributed by atoms with van der Waals surface area (Å²) < 4.78 is 0. The van der Waals surface area contributed by atoms with Gasteiger partial charge >= 0.3 is 0 Å². The fourth-order valence-corrected chi connectivity index (χ4v) is 1.76. The molecule has 1 amide bonds. The van der Waals surface area contributed by atoms with E-state index >= 15 is 0 Å². The number of nitrogens with zero attached hydrogens (tertiary/aromatic N) is 2. The van der Waals surface area contributed by atoms with Gasteiger partial charge in [0.2, 0.25) is 0 Å². The number of carbonyl (C=O) groups excluding carboxylic acids is 1. The zero-order valence-corrected chi connectivity index (χ0v) is 9.18. The van der Waals surface area contributed by atoms with Crippen LogP contribution in [0.15, 0.2) is 30.6 Å². The van der Waals surface area contributed by atoms with Crippen molar-refractivity contribution in [3.8, 4) is 0 Å². The molecule has 1 aliphatic rings. The van der Waals surface area contributed by atoms with Gasteiger partial charge < -0.3 is 10.6 Å². The van der Waals surface area contributed by atoms with Crippen molar-refractivity contribution in [2.24, 2.45) is 0 Å². The summed E-state index contributed by atoms with van der Waals surface area (Å²) in [6.45, 7) is 1.69. The van der Waals surface area contributed by atoms with Crippen molar-refractivity contribution in [2.75, 3.05) is 13.1 Å². The van der Waals surface area contributed by atoms with Gasteiger partial charge in [-0.1, -0.05) is 0 Å². The number of carbonyl (C=O) groups is 1. The molecule has 0 aliphatic carbocycles. The fraction of sp³-hybridized carbons (Fsp3) is 0.250. The molecule has 1 aromatic carbocycles. The Labute approximate surface area is 98.3 Å². The molecule has 0 radical (unpaired) electrons. The minimum absolute atomic E-state index is 0.0518. The van der Waals surface area contributed by atoms with Gasteiger partial charge in [0.15, 0.2) is 0 Å². The third-order valence-electron chi connectivity index (χ3n) is 2.85. The Morgan fingerprint density at radius 1 is 1.24 bits per heavy atom. The summed E-state index contributed by atoms with van der Waals surface area (Å²) in [7, 11) is 0. The Morgan fingerprint density at radius 2 is 2.00 bits per heavy atom. The van der Waals surface area contributed by atoms with Gasteiger partial charge in [-0.2, -0.15) is 0 Å². The van der Waals surface area contributed by atoms with E-state index in [1.165, 1.54) is 0 Å². The maximum Gasteiger partial charge on any atom is 0.251 e. The SMILES string of the molecule is O=C(NC1CNC1)c1ccc2nccnc2c1. The molecule has 86 valence electrons. The molecule has 5 heteroatoms. The van der Waals surface area contributed by atoms with Crippen LogP contribution in [0, 0.1) is 0 Å². The van der Waals surface area contributed by atoms with E-state index < -0.39 is 0 Å². The zero-order valence-electron chi connectivity index (χ0n) is 9.18. The molecule has 1 saturated heterocycles. The molecule has 0 saturated carbocycles. The van der Waals surface area contributed by atoms with Gasteiger partial charge in [-0.05, 0) is 18.2 Å². The third kappa shape index (κ3) is 1.97. The number of aromatic nitrogens is 2. The molecule has 17 heavy (non-hydrogen) atoms. The first kappa shape index (κ1) is 10.2. The Hall–Kier alpha value is -2.01. The van der Waals surface area contributed by atoms with E-state index in [1.54, 1.807) is 24.5 Å². The van der Waals surface area contributed by atoms with Crippen molar-refractivity contribution < 1.29 is 4.79 Å². The number of hydrogen-bond donors (Lipinski definition) is 2. The maximum atomic E-state index is 11.9. The van der Waals surface area contributed by atoms with E-state index in [0.717, 1.165) is 24.1 Å². The zero-order chi connectivity index (χ0) is 11.7. The summed E-state index contributed by atoms with van der Waals surface area (Å²) in [6, 6.07) is 5.61. The number of nitrogens with one attached hydrogen (secondary N) is 2. The number of amides is 1. The maximum absolute atomic E-state index is 11.9. The molecule has 3 rings (SSSR count). The van der Waals surface area contributed by atoms with Gasteiger partial charge in [-0.25, -0.2) is 0 Å². The third-order valence-corrected chi connectivity index (χ3v) is 2.85. The van der Waals surface area contributed by atoms with Crippen molar-refractivity contribution in [2.45, 2.75) is 6.04 Å². The summed E-state index contributed by atoms with van der Waals surface area (Å²) in [5.41, 5.74) is 2.17. The minimum atomic E-state index is -0.0518. The Morgan fingerprint density at radius 3 is 2.71 bits per heavy atom.